The van der Waals surface area contributed by atoms with Gasteiger partial charge in [-0.3, -0.25) is 4.79 Å². The van der Waals surface area contributed by atoms with Crippen molar-refractivity contribution in [2.45, 2.75) is 18.9 Å². The van der Waals surface area contributed by atoms with Gasteiger partial charge in [0.25, 0.3) is 0 Å². The zero-order valence-corrected chi connectivity index (χ0v) is 23.1. The van der Waals surface area contributed by atoms with E-state index < -0.39 is 11.4 Å². The number of pyridine rings is 3. The molecule has 1 N–H and O–H groups in total. The molecule has 4 heterocycles. The highest BCUT2D eigenvalue weighted by Crippen LogP contribution is 2.36. The lowest BCUT2D eigenvalue weighted by Crippen LogP contribution is -2.34. The monoisotopic (exact) mass is 584 g/mol. The largest absolute Gasteiger partial charge is 0.477 e. The molecule has 0 unspecified atom stereocenters. The minimum absolute atomic E-state index is 0.0170. The fourth-order valence-electron chi connectivity index (χ4n) is 4.73. The van der Waals surface area contributed by atoms with Crippen LogP contribution < -0.4 is 19.8 Å². The molecular weight excluding hydrogens is 559 g/mol. The van der Waals surface area contributed by atoms with E-state index in [-0.39, 0.29) is 17.0 Å². The average molecular weight is 585 g/mol. The normalized spacial score (nSPS) is 15.0. The summed E-state index contributed by atoms with van der Waals surface area (Å²) >= 11 is 12.9. The van der Waals surface area contributed by atoms with Crippen molar-refractivity contribution in [2.24, 2.45) is 0 Å². The van der Waals surface area contributed by atoms with Crippen LogP contribution in [0.4, 0.5) is 5.69 Å². The van der Waals surface area contributed by atoms with Crippen LogP contribution in [0.3, 0.4) is 0 Å². The summed E-state index contributed by atoms with van der Waals surface area (Å²) < 4.78 is 18.1. The summed E-state index contributed by atoms with van der Waals surface area (Å²) in [4.78, 5) is 35.7. The summed E-state index contributed by atoms with van der Waals surface area (Å²) in [7, 11) is 1.58. The van der Waals surface area contributed by atoms with E-state index in [0.29, 0.717) is 58.5 Å². The summed E-state index contributed by atoms with van der Waals surface area (Å²) in [6.45, 7) is 1.81. The number of halogens is 2. The van der Waals surface area contributed by atoms with Crippen LogP contribution >= 0.6 is 23.2 Å². The van der Waals surface area contributed by atoms with Crippen LogP contribution in [-0.4, -0.2) is 65.1 Å². The molecule has 1 aliphatic rings. The Morgan fingerprint density at radius 1 is 1.12 bits per heavy atom. The van der Waals surface area contributed by atoms with Gasteiger partial charge in [0.05, 0.1) is 40.8 Å². The number of ether oxygens (including phenoxy) is 3. The molecular formula is C28H26Cl2N4O6. The van der Waals surface area contributed by atoms with Crippen LogP contribution in [0.5, 0.6) is 11.8 Å². The molecule has 1 aliphatic heterocycles. The molecule has 208 valence electrons. The van der Waals surface area contributed by atoms with E-state index in [0.717, 1.165) is 19.4 Å². The Hall–Kier alpha value is -3.86. The average Bonchev–Trinajstić information content (AvgIpc) is 3.41. The van der Waals surface area contributed by atoms with Gasteiger partial charge in [0.15, 0.2) is 0 Å². The van der Waals surface area contributed by atoms with Gasteiger partial charge in [-0.05, 0) is 43.2 Å². The minimum Gasteiger partial charge on any atom is -0.477 e. The van der Waals surface area contributed by atoms with Crippen molar-refractivity contribution >= 4 is 45.8 Å². The highest BCUT2D eigenvalue weighted by atomic mass is 35.5. The van der Waals surface area contributed by atoms with E-state index in [9.17, 15) is 14.7 Å². The lowest BCUT2D eigenvalue weighted by atomic mass is 10.1. The second-order valence-corrected chi connectivity index (χ2v) is 9.97. The van der Waals surface area contributed by atoms with Crippen molar-refractivity contribution in [3.63, 3.8) is 0 Å². The van der Waals surface area contributed by atoms with Crippen LogP contribution in [0.25, 0.3) is 16.6 Å². The van der Waals surface area contributed by atoms with Gasteiger partial charge in [-0.25, -0.2) is 14.8 Å². The molecule has 5 rings (SSSR count). The SMILES string of the molecule is COCCOc1ccc(-n2cc(C(=O)O)c(=O)c3cc(Cl)c(N4CCC[C@@H]4COc4ncccc4Cl)cc32)cn1. The molecule has 40 heavy (non-hydrogen) atoms. The Kier molecular flexibility index (Phi) is 8.39. The lowest BCUT2D eigenvalue weighted by molar-refractivity contribution is 0.0695. The van der Waals surface area contributed by atoms with Crippen molar-refractivity contribution in [1.29, 1.82) is 0 Å². The third-order valence-electron chi connectivity index (χ3n) is 6.66. The van der Waals surface area contributed by atoms with Crippen LogP contribution in [-0.2, 0) is 4.74 Å². The fraction of sp³-hybridized carbons (Fsp3) is 0.286. The van der Waals surface area contributed by atoms with Gasteiger partial charge in [-0.1, -0.05) is 23.2 Å². The predicted octanol–water partition coefficient (Wildman–Crippen LogP) is 4.86. The predicted molar refractivity (Wildman–Crippen MR) is 152 cm³/mol. The first-order valence-corrected chi connectivity index (χ1v) is 13.3. The molecule has 0 saturated carbocycles. The number of hydrogen-bond donors (Lipinski definition) is 1. The third-order valence-corrected chi connectivity index (χ3v) is 7.25. The Morgan fingerprint density at radius 2 is 1.98 bits per heavy atom. The number of carboxylic acids is 1. The van der Waals surface area contributed by atoms with Crippen LogP contribution in [0, 0.1) is 0 Å². The molecule has 4 aromatic rings. The van der Waals surface area contributed by atoms with Gasteiger partial charge < -0.3 is 28.8 Å². The number of aromatic carboxylic acids is 1. The number of benzene rings is 1. The molecule has 1 aromatic carbocycles. The number of rotatable bonds is 10. The molecule has 3 aromatic heterocycles. The van der Waals surface area contributed by atoms with E-state index >= 15 is 0 Å². The number of hydrogen-bond acceptors (Lipinski definition) is 8. The number of anilines is 1. The second kappa shape index (κ2) is 12.1. The standard InChI is InChI=1S/C28H26Cl2N4O6/c1-38-10-11-39-25-7-6-17(14-32-25)34-15-20(28(36)37)26(35)19-12-22(30)24(13-23(19)34)33-9-3-4-18(33)16-40-27-21(29)5-2-8-31-27/h2,5-8,12-15,18H,3-4,9-11,16H2,1H3,(H,36,37)/t18-/m1/s1. The van der Waals surface area contributed by atoms with E-state index in [4.69, 9.17) is 37.4 Å². The molecule has 0 aliphatic carbocycles. The first kappa shape index (κ1) is 27.7. The number of methoxy groups -OCH3 is 1. The second-order valence-electron chi connectivity index (χ2n) is 9.15. The van der Waals surface area contributed by atoms with Gasteiger partial charge in [0.2, 0.25) is 17.2 Å². The molecule has 0 radical (unpaired) electrons. The molecule has 0 amide bonds. The summed E-state index contributed by atoms with van der Waals surface area (Å²) in [6.07, 6.45) is 6.25. The highest BCUT2D eigenvalue weighted by molar-refractivity contribution is 6.34. The maximum absolute atomic E-state index is 13.1. The summed E-state index contributed by atoms with van der Waals surface area (Å²) in [5.41, 5.74) is 0.743. The van der Waals surface area contributed by atoms with Gasteiger partial charge in [-0.2, -0.15) is 0 Å². The molecule has 12 heteroatoms. The van der Waals surface area contributed by atoms with Crippen molar-refractivity contribution in [3.05, 3.63) is 80.8 Å². The van der Waals surface area contributed by atoms with Crippen molar-refractivity contribution in [3.8, 4) is 17.4 Å². The Morgan fingerprint density at radius 3 is 2.70 bits per heavy atom. The molecule has 10 nitrogen and oxygen atoms in total. The van der Waals surface area contributed by atoms with E-state index in [1.165, 1.54) is 12.3 Å². The first-order chi connectivity index (χ1) is 19.4. The maximum Gasteiger partial charge on any atom is 0.341 e. The van der Waals surface area contributed by atoms with Crippen molar-refractivity contribution in [2.75, 3.05) is 38.4 Å². The summed E-state index contributed by atoms with van der Waals surface area (Å²) in [6, 6.07) is 10.2. The summed E-state index contributed by atoms with van der Waals surface area (Å²) in [5, 5.41) is 10.7. The topological polar surface area (TPSA) is 116 Å². The van der Waals surface area contributed by atoms with Crippen LogP contribution in [0.15, 0.2) is 59.8 Å². The van der Waals surface area contributed by atoms with E-state index in [1.807, 2.05) is 0 Å². The lowest BCUT2D eigenvalue weighted by Gasteiger charge is -2.28. The van der Waals surface area contributed by atoms with Crippen molar-refractivity contribution in [1.82, 2.24) is 14.5 Å². The Labute approximate surface area is 239 Å². The van der Waals surface area contributed by atoms with E-state index in [2.05, 4.69) is 14.9 Å². The number of carbonyl (C=O) groups is 1. The number of nitrogens with zero attached hydrogens (tertiary/aromatic N) is 4. The molecule has 1 fully saturated rings. The molecule has 1 atom stereocenters. The zero-order chi connectivity index (χ0) is 28.2. The molecule has 1 saturated heterocycles. The number of carboxylic acid groups (broad SMARTS) is 1. The van der Waals surface area contributed by atoms with Crippen LogP contribution in [0.2, 0.25) is 10.0 Å². The number of aromatic nitrogens is 3. The summed E-state index contributed by atoms with van der Waals surface area (Å²) in [5.74, 6) is -0.586. The minimum atomic E-state index is -1.33. The van der Waals surface area contributed by atoms with Gasteiger partial charge >= 0.3 is 5.97 Å². The zero-order valence-electron chi connectivity index (χ0n) is 21.5. The van der Waals surface area contributed by atoms with Gasteiger partial charge in [-0.15, -0.1) is 0 Å². The first-order valence-electron chi connectivity index (χ1n) is 12.6. The quantitative estimate of drug-likeness (QED) is 0.261. The van der Waals surface area contributed by atoms with Crippen LogP contribution in [0.1, 0.15) is 23.2 Å². The maximum atomic E-state index is 13.1. The Balaban J connectivity index is 1.53. The van der Waals surface area contributed by atoms with Gasteiger partial charge in [0.1, 0.15) is 23.8 Å². The van der Waals surface area contributed by atoms with Gasteiger partial charge in [0, 0.05) is 37.5 Å². The smallest absolute Gasteiger partial charge is 0.341 e. The fourth-order valence-corrected chi connectivity index (χ4v) is 5.18. The third kappa shape index (κ3) is 5.70. The van der Waals surface area contributed by atoms with E-state index in [1.54, 1.807) is 54.4 Å². The van der Waals surface area contributed by atoms with Crippen molar-refractivity contribution < 1.29 is 24.1 Å². The number of fused-ring (bicyclic) bond motifs is 1. The molecule has 0 spiro atoms. The molecule has 0 bridgehead atoms. The Bertz CT molecular complexity index is 1590. The highest BCUT2D eigenvalue weighted by Gasteiger charge is 2.28.